The molecule has 2 aromatic rings. The first-order chi connectivity index (χ1) is 8.66. The zero-order chi connectivity index (χ0) is 12.6. The molecular weight excluding hydrogens is 226 g/mol. The molecule has 0 unspecified atom stereocenters. The van der Waals surface area contributed by atoms with Crippen LogP contribution < -0.4 is 5.73 Å². The molecule has 0 spiro atoms. The lowest BCUT2D eigenvalue weighted by Crippen LogP contribution is -2.30. The fourth-order valence-electron chi connectivity index (χ4n) is 2.64. The fourth-order valence-corrected chi connectivity index (χ4v) is 2.64. The van der Waals surface area contributed by atoms with E-state index in [0.717, 1.165) is 49.3 Å². The summed E-state index contributed by atoms with van der Waals surface area (Å²) in [6.45, 7) is 5.07. The standard InChI is InChI=1S/C14H19N3O/c1-14(4-6-18-7-5-14)9-17-10-16-12-8-11(15)2-3-13(12)17/h2-3,8,10H,4-7,9,15H2,1H3. The molecule has 0 bridgehead atoms. The Balaban J connectivity index is 1.90. The molecule has 1 aromatic heterocycles. The van der Waals surface area contributed by atoms with Gasteiger partial charge >= 0.3 is 0 Å². The van der Waals surface area contributed by atoms with E-state index < -0.39 is 0 Å². The number of hydrogen-bond donors (Lipinski definition) is 1. The van der Waals surface area contributed by atoms with Gasteiger partial charge in [0.25, 0.3) is 0 Å². The molecule has 1 aliphatic rings. The molecule has 4 heteroatoms. The van der Waals surface area contributed by atoms with Crippen molar-refractivity contribution in [2.45, 2.75) is 26.3 Å². The quantitative estimate of drug-likeness (QED) is 0.827. The molecule has 1 aliphatic heterocycles. The minimum Gasteiger partial charge on any atom is -0.399 e. The number of fused-ring (bicyclic) bond motifs is 1. The van der Waals surface area contributed by atoms with E-state index >= 15 is 0 Å². The number of anilines is 1. The maximum Gasteiger partial charge on any atom is 0.0958 e. The zero-order valence-electron chi connectivity index (χ0n) is 10.7. The first-order valence-corrected chi connectivity index (χ1v) is 6.44. The largest absolute Gasteiger partial charge is 0.399 e. The number of nitrogen functional groups attached to an aromatic ring is 1. The van der Waals surface area contributed by atoms with Crippen molar-refractivity contribution in [3.05, 3.63) is 24.5 Å². The third kappa shape index (κ3) is 2.08. The van der Waals surface area contributed by atoms with Gasteiger partial charge in [-0.25, -0.2) is 4.98 Å². The van der Waals surface area contributed by atoms with E-state index in [4.69, 9.17) is 10.5 Å². The number of hydrogen-bond acceptors (Lipinski definition) is 3. The molecular formula is C14H19N3O. The van der Waals surface area contributed by atoms with Gasteiger partial charge in [0.05, 0.1) is 17.4 Å². The van der Waals surface area contributed by atoms with Crippen LogP contribution in [-0.2, 0) is 11.3 Å². The van der Waals surface area contributed by atoms with E-state index in [1.54, 1.807) is 0 Å². The van der Waals surface area contributed by atoms with Gasteiger partial charge in [0.1, 0.15) is 0 Å². The van der Waals surface area contributed by atoms with Crippen molar-refractivity contribution in [2.24, 2.45) is 5.41 Å². The van der Waals surface area contributed by atoms with Crippen LogP contribution in [-0.4, -0.2) is 22.8 Å². The van der Waals surface area contributed by atoms with Crippen molar-refractivity contribution in [1.29, 1.82) is 0 Å². The van der Waals surface area contributed by atoms with Crippen LogP contribution in [0, 0.1) is 5.41 Å². The maximum absolute atomic E-state index is 5.78. The molecule has 0 saturated carbocycles. The molecule has 1 saturated heterocycles. The summed E-state index contributed by atoms with van der Waals surface area (Å²) in [5.41, 5.74) is 9.00. The summed E-state index contributed by atoms with van der Waals surface area (Å²) in [5, 5.41) is 0. The van der Waals surface area contributed by atoms with Crippen molar-refractivity contribution >= 4 is 16.7 Å². The van der Waals surface area contributed by atoms with Gasteiger partial charge in [-0.05, 0) is 36.5 Å². The normalized spacial score (nSPS) is 19.2. The number of rotatable bonds is 2. The number of imidazole rings is 1. The topological polar surface area (TPSA) is 53.1 Å². The van der Waals surface area contributed by atoms with Gasteiger partial charge in [-0.3, -0.25) is 0 Å². The molecule has 18 heavy (non-hydrogen) atoms. The van der Waals surface area contributed by atoms with Crippen LogP contribution in [0.2, 0.25) is 0 Å². The highest BCUT2D eigenvalue weighted by Gasteiger charge is 2.28. The molecule has 0 atom stereocenters. The third-order valence-electron chi connectivity index (χ3n) is 3.90. The Bertz CT molecular complexity index is 555. The fraction of sp³-hybridized carbons (Fsp3) is 0.500. The lowest BCUT2D eigenvalue weighted by atomic mass is 9.82. The number of ether oxygens (including phenoxy) is 1. The van der Waals surface area contributed by atoms with Crippen molar-refractivity contribution in [3.63, 3.8) is 0 Å². The second-order valence-corrected chi connectivity index (χ2v) is 5.54. The predicted octanol–water partition coefficient (Wildman–Crippen LogP) is 2.44. The lowest BCUT2D eigenvalue weighted by Gasteiger charge is -2.33. The van der Waals surface area contributed by atoms with E-state index in [9.17, 15) is 0 Å². The molecule has 2 heterocycles. The Morgan fingerprint density at radius 1 is 1.39 bits per heavy atom. The lowest BCUT2D eigenvalue weighted by molar-refractivity contribution is 0.0160. The highest BCUT2D eigenvalue weighted by atomic mass is 16.5. The molecule has 0 radical (unpaired) electrons. The van der Waals surface area contributed by atoms with Crippen LogP contribution in [0.3, 0.4) is 0 Å². The second kappa shape index (κ2) is 4.28. The van der Waals surface area contributed by atoms with Crippen molar-refractivity contribution in [2.75, 3.05) is 18.9 Å². The van der Waals surface area contributed by atoms with Crippen LogP contribution in [0.5, 0.6) is 0 Å². The molecule has 96 valence electrons. The van der Waals surface area contributed by atoms with Crippen LogP contribution in [0.25, 0.3) is 11.0 Å². The Labute approximate surface area is 107 Å². The summed E-state index contributed by atoms with van der Waals surface area (Å²) in [6.07, 6.45) is 4.15. The van der Waals surface area contributed by atoms with E-state index in [0.29, 0.717) is 5.41 Å². The van der Waals surface area contributed by atoms with Gasteiger partial charge in [-0.15, -0.1) is 0 Å². The van der Waals surface area contributed by atoms with Gasteiger partial charge < -0.3 is 15.0 Å². The summed E-state index contributed by atoms with van der Waals surface area (Å²) in [4.78, 5) is 4.43. The third-order valence-corrected chi connectivity index (χ3v) is 3.90. The Morgan fingerprint density at radius 3 is 2.94 bits per heavy atom. The second-order valence-electron chi connectivity index (χ2n) is 5.54. The molecule has 2 N–H and O–H groups in total. The van der Waals surface area contributed by atoms with Gasteiger partial charge in [0.15, 0.2) is 0 Å². The van der Waals surface area contributed by atoms with Gasteiger partial charge in [-0.2, -0.15) is 0 Å². The summed E-state index contributed by atoms with van der Waals surface area (Å²) in [7, 11) is 0. The van der Waals surface area contributed by atoms with Gasteiger partial charge in [0.2, 0.25) is 0 Å². The highest BCUT2D eigenvalue weighted by molar-refractivity contribution is 5.78. The Morgan fingerprint density at radius 2 is 2.17 bits per heavy atom. The van der Waals surface area contributed by atoms with Crippen LogP contribution in [0.15, 0.2) is 24.5 Å². The number of nitrogens with two attached hydrogens (primary N) is 1. The van der Waals surface area contributed by atoms with Gasteiger partial charge in [0, 0.05) is 25.4 Å². The number of nitrogens with zero attached hydrogens (tertiary/aromatic N) is 2. The smallest absolute Gasteiger partial charge is 0.0958 e. The van der Waals surface area contributed by atoms with Crippen molar-refractivity contribution < 1.29 is 4.74 Å². The zero-order valence-corrected chi connectivity index (χ0v) is 10.7. The average Bonchev–Trinajstić information content (AvgIpc) is 2.72. The Kier molecular flexibility index (Phi) is 2.74. The first kappa shape index (κ1) is 11.5. The first-order valence-electron chi connectivity index (χ1n) is 6.44. The Hall–Kier alpha value is -1.55. The van der Waals surface area contributed by atoms with E-state index in [1.165, 1.54) is 0 Å². The summed E-state index contributed by atoms with van der Waals surface area (Å²) in [5.74, 6) is 0. The van der Waals surface area contributed by atoms with E-state index in [2.05, 4.69) is 22.5 Å². The highest BCUT2D eigenvalue weighted by Crippen LogP contribution is 2.32. The molecule has 1 aromatic carbocycles. The molecule has 4 nitrogen and oxygen atoms in total. The van der Waals surface area contributed by atoms with E-state index in [1.807, 2.05) is 18.5 Å². The predicted molar refractivity (Wildman–Crippen MR) is 72.3 cm³/mol. The SMILES string of the molecule is CC1(Cn2cnc3cc(N)ccc32)CCOCC1. The monoisotopic (exact) mass is 245 g/mol. The average molecular weight is 245 g/mol. The summed E-state index contributed by atoms with van der Waals surface area (Å²) >= 11 is 0. The van der Waals surface area contributed by atoms with Crippen LogP contribution in [0.1, 0.15) is 19.8 Å². The van der Waals surface area contributed by atoms with Crippen molar-refractivity contribution in [3.8, 4) is 0 Å². The number of benzene rings is 1. The molecule has 3 rings (SSSR count). The summed E-state index contributed by atoms with van der Waals surface area (Å²) in [6, 6.07) is 5.92. The van der Waals surface area contributed by atoms with Crippen molar-refractivity contribution in [1.82, 2.24) is 9.55 Å². The van der Waals surface area contributed by atoms with Gasteiger partial charge in [-0.1, -0.05) is 6.92 Å². The summed E-state index contributed by atoms with van der Waals surface area (Å²) < 4.78 is 7.68. The molecule has 0 aliphatic carbocycles. The minimum absolute atomic E-state index is 0.313. The molecule has 1 fully saturated rings. The van der Waals surface area contributed by atoms with Crippen LogP contribution in [0.4, 0.5) is 5.69 Å². The molecule has 0 amide bonds. The maximum atomic E-state index is 5.78. The van der Waals surface area contributed by atoms with E-state index in [-0.39, 0.29) is 0 Å². The van der Waals surface area contributed by atoms with Crippen LogP contribution >= 0.6 is 0 Å². The number of aromatic nitrogens is 2. The minimum atomic E-state index is 0.313.